The molecule has 4 atom stereocenters. The van der Waals surface area contributed by atoms with Gasteiger partial charge in [-0.2, -0.15) is 26.3 Å². The average molecular weight is 1220 g/mol. The third kappa shape index (κ3) is 34.4. The minimum Gasteiger partial charge on any atom is -0.793 e. The van der Waals surface area contributed by atoms with Crippen LogP contribution in [0.25, 0.3) is 12.2 Å². The number of carboxylic acid groups (broad SMARTS) is 2. The molecule has 19 nitrogen and oxygen atoms in total. The average Bonchev–Trinajstić information content (AvgIpc) is 3.73. The number of carbonyl (C=O) groups is 6. The molecule has 2 aliphatic carbocycles. The van der Waals surface area contributed by atoms with Crippen molar-refractivity contribution in [2.75, 3.05) is 26.2 Å². The first-order chi connectivity index (χ1) is 38.5. The quantitative estimate of drug-likeness (QED) is 0.0541. The van der Waals surface area contributed by atoms with E-state index in [-0.39, 0.29) is 53.1 Å². The fourth-order valence-corrected chi connectivity index (χ4v) is 7.74. The molecular weight excluding hydrogens is 1150 g/mol. The fourth-order valence-electron chi connectivity index (χ4n) is 7.74. The summed E-state index contributed by atoms with van der Waals surface area (Å²) in [4.78, 5) is 98.8. The van der Waals surface area contributed by atoms with Gasteiger partial charge in [-0.3, -0.25) is 29.0 Å². The normalized spacial score (nSPS) is 18.2. The summed E-state index contributed by atoms with van der Waals surface area (Å²) in [7, 11) is 4.32. The number of nitrogens with one attached hydrogen (secondary N) is 3. The third-order valence-corrected chi connectivity index (χ3v) is 12.2. The van der Waals surface area contributed by atoms with Gasteiger partial charge in [0.15, 0.2) is 0 Å². The molecule has 28 heteroatoms. The van der Waals surface area contributed by atoms with Crippen molar-refractivity contribution < 1.29 is 109 Å². The predicted octanol–water partition coefficient (Wildman–Crippen LogP) is 4.75. The number of Topliss-reactive ketones (excluding diaryl/α,β-unsaturated/α-hetero) is 1. The number of aromatic amines is 2. The van der Waals surface area contributed by atoms with E-state index >= 15 is 0 Å². The first-order valence-electron chi connectivity index (χ1n) is 25.6. The molecule has 2 aliphatic heterocycles. The molecule has 84 heavy (non-hydrogen) atoms. The molecule has 2 saturated carbocycles. The second kappa shape index (κ2) is 40.0. The number of likely N-dealkylation sites (tertiary alicyclic amines) is 2. The van der Waals surface area contributed by atoms with Crippen molar-refractivity contribution in [1.29, 1.82) is 0 Å². The molecule has 0 amide bonds. The van der Waals surface area contributed by atoms with Crippen LogP contribution in [0.3, 0.4) is 0 Å². The van der Waals surface area contributed by atoms with Gasteiger partial charge in [0, 0.05) is 101 Å². The number of nitrogens with zero attached hydrogens (tertiary/aromatic N) is 2. The Morgan fingerprint density at radius 3 is 1.31 bits per heavy atom. The van der Waals surface area contributed by atoms with Crippen LogP contribution in [0.2, 0.25) is 0 Å². The number of benzene rings is 2. The minimum absolute atomic E-state index is 0. The summed E-state index contributed by atoms with van der Waals surface area (Å²) in [5.74, 6) is -5.61. The molecule has 0 spiro atoms. The molecule has 3 radical (unpaired) electrons. The molecule has 4 heterocycles. The molecule has 0 bridgehead atoms. The molecule has 2 aromatic carbocycles. The fraction of sp³-hybridized carbons (Fsp3) is 0.429. The van der Waals surface area contributed by atoms with E-state index in [0.717, 1.165) is 77.0 Å². The van der Waals surface area contributed by atoms with Gasteiger partial charge in [-0.15, -0.1) is 12.4 Å². The van der Waals surface area contributed by atoms with Crippen LogP contribution in [0.1, 0.15) is 95.4 Å². The number of ketones is 1. The molecule has 4 fully saturated rings. The number of halogens is 7. The van der Waals surface area contributed by atoms with Gasteiger partial charge in [0.2, 0.25) is 5.97 Å². The summed E-state index contributed by atoms with van der Waals surface area (Å²) in [6.45, 7) is 13.0. The van der Waals surface area contributed by atoms with E-state index in [9.17, 15) is 55.1 Å². The van der Waals surface area contributed by atoms with Gasteiger partial charge < -0.3 is 43.9 Å². The maximum atomic E-state index is 11.8. The Bertz CT molecular complexity index is 2790. The first kappa shape index (κ1) is 77.6. The summed E-state index contributed by atoms with van der Waals surface area (Å²) < 4.78 is 67.1. The number of H-pyrrole nitrogens is 2. The number of hydrogen-bond acceptors (Lipinski definition) is 15. The minimum atomic E-state index is -5.08. The van der Waals surface area contributed by atoms with Crippen LogP contribution in [-0.4, -0.2) is 130 Å². The van der Waals surface area contributed by atoms with Crippen molar-refractivity contribution in [1.82, 2.24) is 25.1 Å². The number of rotatable bonds is 10. The smallest absolute Gasteiger partial charge is 0.793 e. The Morgan fingerprint density at radius 1 is 0.631 bits per heavy atom. The number of carboxylic acids is 2. The number of aliphatic carboxylic acids is 2. The Balaban J connectivity index is 0.00000104. The van der Waals surface area contributed by atoms with Crippen molar-refractivity contribution in [3.63, 3.8) is 0 Å². The zero-order valence-electron chi connectivity index (χ0n) is 47.4. The Hall–Kier alpha value is -6.39. The van der Waals surface area contributed by atoms with Gasteiger partial charge in [-0.1, -0.05) is 96.1 Å². The number of piperidine rings is 2. The molecule has 2 aromatic heterocycles. The van der Waals surface area contributed by atoms with E-state index in [1.54, 1.807) is 12.4 Å². The Labute approximate surface area is 511 Å². The molecule has 4 aliphatic rings. The van der Waals surface area contributed by atoms with E-state index in [1.807, 2.05) is 30.3 Å². The molecule has 7 N–H and O–H groups in total. The largest absolute Gasteiger partial charge is 1.00 e. The SMILES string of the molecule is C/C(=C\c1ccccc1)[C@@H]1C[C@H]1N.C/C(=C\c1ccccc1)[C@@H]1C[C@H]1NC1CCN(Cc2ccc[nH]c2=O)CC1.CC(=O)OOC(C)=O.Cl.O=C(O)C(F)(F)F.O=C(O)C(F)(F)F.O=C1CCN(Cc2ccc[nH]c2=O)CC1.[B-]OC(C)=O.[Na+]. The predicted molar refractivity (Wildman–Crippen MR) is 299 cm³/mol. The Morgan fingerprint density at radius 2 is 0.988 bits per heavy atom. The van der Waals surface area contributed by atoms with Crippen molar-refractivity contribution in [3.05, 3.63) is 151 Å². The van der Waals surface area contributed by atoms with Crippen molar-refractivity contribution in [3.8, 4) is 0 Å². The van der Waals surface area contributed by atoms with E-state index in [1.165, 1.54) is 35.6 Å². The summed E-state index contributed by atoms with van der Waals surface area (Å²) in [5, 5.41) is 18.1. The van der Waals surface area contributed by atoms with Crippen LogP contribution in [0.4, 0.5) is 26.3 Å². The van der Waals surface area contributed by atoms with Gasteiger partial charge >= 0.3 is 65.8 Å². The van der Waals surface area contributed by atoms with Crippen molar-refractivity contribution in [2.45, 2.75) is 117 Å². The van der Waals surface area contributed by atoms with Crippen LogP contribution in [-0.2, 0) is 56.3 Å². The third-order valence-electron chi connectivity index (χ3n) is 12.2. The maximum Gasteiger partial charge on any atom is 1.00 e. The van der Waals surface area contributed by atoms with E-state index in [2.05, 4.69) is 128 Å². The number of hydrogen-bond donors (Lipinski definition) is 6. The molecule has 8 rings (SSSR count). The van der Waals surface area contributed by atoms with E-state index in [0.29, 0.717) is 55.1 Å². The summed E-state index contributed by atoms with van der Waals surface area (Å²) in [6.07, 6.45) is 3.70. The molecular formula is C56H70BClF6N6NaO13. The van der Waals surface area contributed by atoms with E-state index in [4.69, 9.17) is 25.5 Å². The first-order valence-corrected chi connectivity index (χ1v) is 25.6. The van der Waals surface area contributed by atoms with Gasteiger partial charge in [-0.05, 0) is 87.7 Å². The monoisotopic (exact) mass is 1220 g/mol. The standard InChI is InChI=1S/C23H29N3O.C12H15N.C11H14N2O2.C4H6O4.C2H3BO2.2C2HF3O2.ClH.Na/c1-17(14-18-6-3-2-4-7-18)21-15-22(21)25-20-9-12-26(13-10-20)16-19-8-5-11-24-23(19)27;1-9(11-8-12(11)13)7-10-5-3-2-4-6-10;14-10-3-6-13(7-4-10)8-9-2-1-5-12-11(9)15;1-3(5)7-8-4(2)6;1-2(4)5-3;2*3-2(4,5)1(6)7;;/h2-8,11,14,20-22,25H,9-10,12-13,15-16H2,1H3,(H,24,27);2-7,11-12H,8,13H2,1H3;1-2,5H,3-4,6-8H2,(H,12,15);1-2H3;1H3;2*(H,6,7);1H;/q;;;;-1;;;;+1/b17-14+;9-7+;;;;;;;/t21-,22+;11-,12+;;;;;;;/m00......./s1. The number of pyridine rings is 2. The van der Waals surface area contributed by atoms with Gasteiger partial charge in [0.25, 0.3) is 11.1 Å². The van der Waals surface area contributed by atoms with Crippen molar-refractivity contribution in [2.24, 2.45) is 17.6 Å². The van der Waals surface area contributed by atoms with Gasteiger partial charge in [0.05, 0.1) is 0 Å². The maximum absolute atomic E-state index is 11.8. The number of nitrogens with two attached hydrogens (primary N) is 1. The number of aromatic nitrogens is 2. The second-order valence-corrected chi connectivity index (χ2v) is 19.0. The second-order valence-electron chi connectivity index (χ2n) is 19.0. The molecule has 455 valence electrons. The number of carbonyl (C=O) groups excluding carboxylic acids is 4. The molecule has 4 aromatic rings. The number of alkyl halides is 6. The summed E-state index contributed by atoms with van der Waals surface area (Å²) in [5.41, 5.74) is 12.9. The summed E-state index contributed by atoms with van der Waals surface area (Å²) >= 11 is 0. The summed E-state index contributed by atoms with van der Waals surface area (Å²) in [6, 6.07) is 30.1. The van der Waals surface area contributed by atoms with E-state index < -0.39 is 42.2 Å². The van der Waals surface area contributed by atoms with Gasteiger partial charge in [-0.25, -0.2) is 29.0 Å². The molecule has 0 unspecified atom stereocenters. The van der Waals surface area contributed by atoms with Crippen LogP contribution in [0.15, 0.2) is 118 Å². The zero-order valence-corrected chi connectivity index (χ0v) is 50.2. The van der Waals surface area contributed by atoms with Crippen molar-refractivity contribution >= 4 is 68.2 Å². The van der Waals surface area contributed by atoms with Crippen LogP contribution in [0.5, 0.6) is 0 Å². The van der Waals surface area contributed by atoms with Crippen LogP contribution >= 0.6 is 12.4 Å². The van der Waals surface area contributed by atoms with Crippen LogP contribution in [0, 0.1) is 11.8 Å². The molecule has 2 saturated heterocycles. The zero-order chi connectivity index (χ0) is 61.6. The topological polar surface area (TPSA) is 281 Å². The van der Waals surface area contributed by atoms with Gasteiger partial charge in [0.1, 0.15) is 5.78 Å². The van der Waals surface area contributed by atoms with Crippen LogP contribution < -0.4 is 51.7 Å². The Kier molecular flexibility index (Phi) is 37.0.